The Morgan fingerprint density at radius 3 is 2.94 bits per heavy atom. The summed E-state index contributed by atoms with van der Waals surface area (Å²) in [5.41, 5.74) is 0.872. The maximum atomic E-state index is 10.6. The molecule has 0 fully saturated rings. The number of aromatic nitrogens is 3. The number of thiazole rings is 1. The van der Waals surface area contributed by atoms with Gasteiger partial charge in [-0.1, -0.05) is 6.92 Å². The number of aryl methyl sites for hydroxylation is 1. The molecule has 0 amide bonds. The van der Waals surface area contributed by atoms with Gasteiger partial charge in [-0.15, -0.1) is 11.3 Å². The highest BCUT2D eigenvalue weighted by atomic mass is 79.9. The van der Waals surface area contributed by atoms with Gasteiger partial charge in [0.25, 0.3) is 0 Å². The quantitative estimate of drug-likeness (QED) is 0.642. The highest BCUT2D eigenvalue weighted by Crippen LogP contribution is 2.22. The molecule has 0 spiro atoms. The van der Waals surface area contributed by atoms with E-state index in [4.69, 9.17) is 0 Å². The maximum absolute atomic E-state index is 10.6. The third-order valence-corrected chi connectivity index (χ3v) is 3.70. The van der Waals surface area contributed by atoms with Gasteiger partial charge in [0, 0.05) is 5.38 Å². The first-order valence-corrected chi connectivity index (χ1v) is 6.58. The Morgan fingerprint density at radius 2 is 2.41 bits per heavy atom. The number of nitro groups is 1. The monoisotopic (exact) mass is 316 g/mol. The second-order valence-electron chi connectivity index (χ2n) is 3.34. The molecule has 0 atom stereocenters. The summed E-state index contributed by atoms with van der Waals surface area (Å²) in [6, 6.07) is 0. The zero-order valence-corrected chi connectivity index (χ0v) is 11.4. The van der Waals surface area contributed by atoms with Crippen LogP contribution in [0.15, 0.2) is 16.0 Å². The second-order valence-corrected chi connectivity index (χ2v) is 5.14. The molecule has 8 heteroatoms. The van der Waals surface area contributed by atoms with Crippen molar-refractivity contribution < 1.29 is 4.92 Å². The van der Waals surface area contributed by atoms with Crippen molar-refractivity contribution >= 4 is 33.1 Å². The van der Waals surface area contributed by atoms with Crippen molar-refractivity contribution in [3.63, 3.8) is 0 Å². The molecule has 0 saturated heterocycles. The van der Waals surface area contributed by atoms with Crippen molar-refractivity contribution in [1.29, 1.82) is 0 Å². The van der Waals surface area contributed by atoms with Crippen LogP contribution in [0.4, 0.5) is 5.82 Å². The molecule has 0 aliphatic heterocycles. The number of nitrogens with zero attached hydrogens (tertiary/aromatic N) is 4. The highest BCUT2D eigenvalue weighted by Gasteiger charge is 2.18. The van der Waals surface area contributed by atoms with Crippen LogP contribution < -0.4 is 0 Å². The molecule has 0 N–H and O–H groups in total. The standard InChI is InChI=1S/C9H9BrN4O2S/c1-2-8-11-6(5-17-8)3-13-4-7(10)9(12-13)14(15)16/h4-5H,2-3H2,1H3. The predicted octanol–water partition coefficient (Wildman–Crippen LogP) is 2.62. The van der Waals surface area contributed by atoms with E-state index in [-0.39, 0.29) is 5.82 Å². The van der Waals surface area contributed by atoms with Crippen molar-refractivity contribution in [2.24, 2.45) is 0 Å². The molecule has 0 saturated carbocycles. The zero-order chi connectivity index (χ0) is 12.4. The Balaban J connectivity index is 2.18. The van der Waals surface area contributed by atoms with E-state index >= 15 is 0 Å². The molecule has 2 aromatic rings. The van der Waals surface area contributed by atoms with Gasteiger partial charge >= 0.3 is 5.82 Å². The Labute approximate surface area is 110 Å². The topological polar surface area (TPSA) is 73.8 Å². The van der Waals surface area contributed by atoms with Crippen LogP contribution in [0.3, 0.4) is 0 Å². The molecular weight excluding hydrogens is 308 g/mol. The predicted molar refractivity (Wildman–Crippen MR) is 67.2 cm³/mol. The van der Waals surface area contributed by atoms with E-state index in [0.29, 0.717) is 11.0 Å². The average molecular weight is 317 g/mol. The number of rotatable bonds is 4. The summed E-state index contributed by atoms with van der Waals surface area (Å²) in [4.78, 5) is 14.5. The SMILES string of the molecule is CCc1nc(Cn2cc(Br)c([N+](=O)[O-])n2)cs1. The van der Waals surface area contributed by atoms with Gasteiger partial charge < -0.3 is 10.1 Å². The van der Waals surface area contributed by atoms with Crippen molar-refractivity contribution in [2.75, 3.05) is 0 Å². The summed E-state index contributed by atoms with van der Waals surface area (Å²) >= 11 is 4.70. The molecule has 90 valence electrons. The summed E-state index contributed by atoms with van der Waals surface area (Å²) < 4.78 is 1.89. The Kier molecular flexibility index (Phi) is 3.53. The van der Waals surface area contributed by atoms with Crippen LogP contribution in [0.1, 0.15) is 17.6 Å². The number of hydrogen-bond acceptors (Lipinski definition) is 5. The Hall–Kier alpha value is -1.28. The smallest absolute Gasteiger partial charge is 0.358 e. The maximum Gasteiger partial charge on any atom is 0.404 e. The molecule has 2 heterocycles. The Morgan fingerprint density at radius 1 is 1.65 bits per heavy atom. The van der Waals surface area contributed by atoms with E-state index in [1.807, 2.05) is 12.3 Å². The minimum atomic E-state index is -0.515. The van der Waals surface area contributed by atoms with E-state index in [2.05, 4.69) is 26.0 Å². The lowest BCUT2D eigenvalue weighted by Crippen LogP contribution is -2.01. The van der Waals surface area contributed by atoms with Crippen molar-refractivity contribution in [1.82, 2.24) is 14.8 Å². The lowest BCUT2D eigenvalue weighted by atomic mass is 10.4. The van der Waals surface area contributed by atoms with Gasteiger partial charge in [-0.05, 0) is 27.3 Å². The first kappa shape index (κ1) is 12.2. The molecule has 17 heavy (non-hydrogen) atoms. The van der Waals surface area contributed by atoms with E-state index in [1.165, 1.54) is 4.68 Å². The molecule has 0 bridgehead atoms. The Bertz CT molecular complexity index is 551. The fraction of sp³-hybridized carbons (Fsp3) is 0.333. The molecular formula is C9H9BrN4O2S. The molecule has 0 aliphatic rings. The largest absolute Gasteiger partial charge is 0.404 e. The summed E-state index contributed by atoms with van der Waals surface area (Å²) in [6.45, 7) is 2.49. The molecule has 0 aromatic carbocycles. The molecule has 2 aromatic heterocycles. The fourth-order valence-electron chi connectivity index (χ4n) is 1.34. The lowest BCUT2D eigenvalue weighted by molar-refractivity contribution is -0.390. The summed E-state index contributed by atoms with van der Waals surface area (Å²) in [5, 5.41) is 17.5. The van der Waals surface area contributed by atoms with E-state index in [9.17, 15) is 10.1 Å². The van der Waals surface area contributed by atoms with Crippen LogP contribution in [0.25, 0.3) is 0 Å². The van der Waals surface area contributed by atoms with Gasteiger partial charge in [0.15, 0.2) is 0 Å². The van der Waals surface area contributed by atoms with Crippen molar-refractivity contribution in [2.45, 2.75) is 19.9 Å². The lowest BCUT2D eigenvalue weighted by Gasteiger charge is -1.91. The molecule has 0 radical (unpaired) electrons. The van der Waals surface area contributed by atoms with Gasteiger partial charge in [0.05, 0.1) is 22.0 Å². The van der Waals surface area contributed by atoms with E-state index in [0.717, 1.165) is 17.1 Å². The minimum absolute atomic E-state index is 0.170. The van der Waals surface area contributed by atoms with Crippen molar-refractivity contribution in [3.8, 4) is 0 Å². The zero-order valence-electron chi connectivity index (χ0n) is 8.96. The van der Waals surface area contributed by atoms with E-state index < -0.39 is 4.92 Å². The van der Waals surface area contributed by atoms with E-state index in [1.54, 1.807) is 17.5 Å². The summed E-state index contributed by atoms with van der Waals surface area (Å²) in [5.74, 6) is -0.170. The van der Waals surface area contributed by atoms with Crippen LogP contribution >= 0.6 is 27.3 Å². The van der Waals surface area contributed by atoms with Crippen LogP contribution in [-0.2, 0) is 13.0 Å². The third-order valence-electron chi connectivity index (χ3n) is 2.10. The third kappa shape index (κ3) is 2.70. The number of hydrogen-bond donors (Lipinski definition) is 0. The first-order chi connectivity index (χ1) is 8.10. The number of halogens is 1. The van der Waals surface area contributed by atoms with Gasteiger partial charge in [0.1, 0.15) is 11.0 Å². The molecule has 6 nitrogen and oxygen atoms in total. The van der Waals surface area contributed by atoms with Gasteiger partial charge in [0.2, 0.25) is 0 Å². The molecule has 0 aliphatic carbocycles. The van der Waals surface area contributed by atoms with Crippen LogP contribution in [0.5, 0.6) is 0 Å². The summed E-state index contributed by atoms with van der Waals surface area (Å²) in [6.07, 6.45) is 2.48. The van der Waals surface area contributed by atoms with Crippen LogP contribution in [0.2, 0.25) is 0 Å². The van der Waals surface area contributed by atoms with Crippen molar-refractivity contribution in [3.05, 3.63) is 36.9 Å². The first-order valence-electron chi connectivity index (χ1n) is 4.90. The van der Waals surface area contributed by atoms with Crippen LogP contribution in [-0.4, -0.2) is 19.7 Å². The second kappa shape index (κ2) is 4.92. The van der Waals surface area contributed by atoms with Gasteiger partial charge in [-0.25, -0.2) is 4.98 Å². The summed E-state index contributed by atoms with van der Waals surface area (Å²) in [7, 11) is 0. The molecule has 0 unspecified atom stereocenters. The fourth-order valence-corrected chi connectivity index (χ4v) is 2.54. The van der Waals surface area contributed by atoms with Crippen LogP contribution in [0, 0.1) is 10.1 Å². The minimum Gasteiger partial charge on any atom is -0.358 e. The highest BCUT2D eigenvalue weighted by molar-refractivity contribution is 9.10. The average Bonchev–Trinajstić information content (AvgIpc) is 2.85. The molecule has 2 rings (SSSR count). The normalized spacial score (nSPS) is 10.7. The van der Waals surface area contributed by atoms with Gasteiger partial charge in [-0.2, -0.15) is 4.68 Å². The van der Waals surface area contributed by atoms with Gasteiger partial charge in [-0.3, -0.25) is 0 Å².